The molecule has 7 nitrogen and oxygen atoms in total. The van der Waals surface area contributed by atoms with Crippen LogP contribution >= 0.6 is 0 Å². The zero-order chi connectivity index (χ0) is 15.5. The smallest absolute Gasteiger partial charge is 0.269 e. The number of nitrogens with one attached hydrogen (secondary N) is 1. The molecule has 22 heavy (non-hydrogen) atoms. The van der Waals surface area contributed by atoms with Crippen LogP contribution in [-0.2, 0) is 18.8 Å². The normalized spacial score (nSPS) is 21.7. The maximum atomic E-state index is 12.2. The minimum Gasteiger partial charge on any atom is -0.373 e. The van der Waals surface area contributed by atoms with E-state index in [2.05, 4.69) is 15.4 Å². The van der Waals surface area contributed by atoms with E-state index in [1.165, 1.54) is 0 Å². The average Bonchev–Trinajstić information content (AvgIpc) is 3.13. The number of hydrogen-bond donors (Lipinski definition) is 1. The minimum atomic E-state index is -0.101. The summed E-state index contributed by atoms with van der Waals surface area (Å²) in [5.41, 5.74) is 1.64. The molecule has 1 aliphatic heterocycles. The second-order valence-electron chi connectivity index (χ2n) is 5.74. The Bertz CT molecular complexity index is 648. The van der Waals surface area contributed by atoms with Crippen LogP contribution in [-0.4, -0.2) is 38.4 Å². The van der Waals surface area contributed by atoms with Crippen LogP contribution in [0.15, 0.2) is 24.9 Å². The molecular weight excluding hydrogens is 282 g/mol. The standard InChI is InChI=1S/C15H21N5O2/c1-19-10-16-8-13(19)15(21)17-6-11-4-3-5-22-14(11)12-7-18-20(2)9-12/h7-11,14H,3-6H2,1-2H3,(H,17,21)/t11-,14+/m0/s1. The first-order chi connectivity index (χ1) is 10.6. The van der Waals surface area contributed by atoms with E-state index in [1.807, 2.05) is 26.5 Å². The van der Waals surface area contributed by atoms with Gasteiger partial charge in [0.15, 0.2) is 0 Å². The highest BCUT2D eigenvalue weighted by Gasteiger charge is 2.29. The third kappa shape index (κ3) is 3.04. The molecular formula is C15H21N5O2. The highest BCUT2D eigenvalue weighted by molar-refractivity contribution is 5.92. The molecule has 1 saturated heterocycles. The summed E-state index contributed by atoms with van der Waals surface area (Å²) in [5.74, 6) is 0.158. The summed E-state index contributed by atoms with van der Waals surface area (Å²) >= 11 is 0. The van der Waals surface area contributed by atoms with Gasteiger partial charge in [0.2, 0.25) is 0 Å². The van der Waals surface area contributed by atoms with Crippen molar-refractivity contribution in [2.24, 2.45) is 20.0 Å². The van der Waals surface area contributed by atoms with E-state index in [4.69, 9.17) is 4.74 Å². The summed E-state index contributed by atoms with van der Waals surface area (Å²) in [5, 5.41) is 7.21. The molecule has 1 fully saturated rings. The van der Waals surface area contributed by atoms with Crippen LogP contribution in [0, 0.1) is 5.92 Å². The zero-order valence-corrected chi connectivity index (χ0v) is 12.9. The third-order valence-corrected chi connectivity index (χ3v) is 4.07. The summed E-state index contributed by atoms with van der Waals surface area (Å²) < 4.78 is 9.40. The van der Waals surface area contributed by atoms with Gasteiger partial charge in [0.1, 0.15) is 5.69 Å². The van der Waals surface area contributed by atoms with Gasteiger partial charge < -0.3 is 14.6 Å². The number of aryl methyl sites for hydroxylation is 2. The number of nitrogens with zero attached hydrogens (tertiary/aromatic N) is 4. The SMILES string of the molecule is Cn1cc([C@@H]2OCCC[C@H]2CNC(=O)c2cncn2C)cn1. The Morgan fingerprint density at radius 3 is 3.00 bits per heavy atom. The Kier molecular flexibility index (Phi) is 4.24. The predicted octanol–water partition coefficient (Wildman–Crippen LogP) is 1.05. The Labute approximate surface area is 129 Å². The first-order valence-corrected chi connectivity index (χ1v) is 7.50. The first kappa shape index (κ1) is 14.8. The fourth-order valence-corrected chi connectivity index (χ4v) is 2.90. The van der Waals surface area contributed by atoms with Gasteiger partial charge in [-0.3, -0.25) is 9.48 Å². The molecule has 2 aromatic heterocycles. The topological polar surface area (TPSA) is 74.0 Å². The summed E-state index contributed by atoms with van der Waals surface area (Å²) in [6.07, 6.45) is 9.06. The number of amides is 1. The Hall–Kier alpha value is -2.15. The Morgan fingerprint density at radius 2 is 2.32 bits per heavy atom. The van der Waals surface area contributed by atoms with Gasteiger partial charge in [0.25, 0.3) is 5.91 Å². The van der Waals surface area contributed by atoms with Crippen molar-refractivity contribution in [3.8, 4) is 0 Å². The maximum Gasteiger partial charge on any atom is 0.269 e. The maximum absolute atomic E-state index is 12.2. The van der Waals surface area contributed by atoms with E-state index < -0.39 is 0 Å². The van der Waals surface area contributed by atoms with Gasteiger partial charge >= 0.3 is 0 Å². The molecule has 3 heterocycles. The molecule has 1 N–H and O–H groups in total. The molecule has 0 aromatic carbocycles. The minimum absolute atomic E-state index is 0.00529. The van der Waals surface area contributed by atoms with Crippen LogP contribution in [0.4, 0.5) is 0 Å². The van der Waals surface area contributed by atoms with E-state index in [-0.39, 0.29) is 17.9 Å². The third-order valence-electron chi connectivity index (χ3n) is 4.07. The number of rotatable bonds is 4. The van der Waals surface area contributed by atoms with Crippen molar-refractivity contribution >= 4 is 5.91 Å². The summed E-state index contributed by atoms with van der Waals surface area (Å²) in [4.78, 5) is 16.2. The van der Waals surface area contributed by atoms with Crippen molar-refractivity contribution in [3.63, 3.8) is 0 Å². The molecule has 0 radical (unpaired) electrons. The van der Waals surface area contributed by atoms with Gasteiger partial charge in [-0.05, 0) is 12.8 Å². The highest BCUT2D eigenvalue weighted by Crippen LogP contribution is 2.32. The van der Waals surface area contributed by atoms with E-state index in [0.29, 0.717) is 12.2 Å². The van der Waals surface area contributed by atoms with Crippen molar-refractivity contribution in [1.29, 1.82) is 0 Å². The number of aromatic nitrogens is 4. The zero-order valence-electron chi connectivity index (χ0n) is 12.9. The number of hydrogen-bond acceptors (Lipinski definition) is 4. The van der Waals surface area contributed by atoms with Crippen LogP contribution in [0.5, 0.6) is 0 Å². The Balaban J connectivity index is 1.65. The lowest BCUT2D eigenvalue weighted by Crippen LogP contribution is -2.35. The van der Waals surface area contributed by atoms with Crippen LogP contribution in [0.3, 0.4) is 0 Å². The number of ether oxygens (including phenoxy) is 1. The molecule has 0 saturated carbocycles. The van der Waals surface area contributed by atoms with Crippen molar-refractivity contribution in [3.05, 3.63) is 36.2 Å². The molecule has 0 bridgehead atoms. The molecule has 3 rings (SSSR count). The van der Waals surface area contributed by atoms with Gasteiger partial charge in [0, 0.05) is 44.9 Å². The second-order valence-corrected chi connectivity index (χ2v) is 5.74. The highest BCUT2D eigenvalue weighted by atomic mass is 16.5. The van der Waals surface area contributed by atoms with Crippen LogP contribution in [0.1, 0.15) is 35.0 Å². The number of imidazole rings is 1. The summed E-state index contributed by atoms with van der Waals surface area (Å²) in [6.45, 7) is 1.34. The van der Waals surface area contributed by atoms with Crippen molar-refractivity contribution < 1.29 is 9.53 Å². The Morgan fingerprint density at radius 1 is 1.45 bits per heavy atom. The largest absolute Gasteiger partial charge is 0.373 e. The van der Waals surface area contributed by atoms with Gasteiger partial charge in [-0.2, -0.15) is 5.10 Å². The fraction of sp³-hybridized carbons (Fsp3) is 0.533. The van der Waals surface area contributed by atoms with E-state index >= 15 is 0 Å². The van der Waals surface area contributed by atoms with Gasteiger partial charge in [-0.15, -0.1) is 0 Å². The van der Waals surface area contributed by atoms with Crippen molar-refractivity contribution in [2.75, 3.05) is 13.2 Å². The van der Waals surface area contributed by atoms with E-state index in [9.17, 15) is 4.79 Å². The molecule has 1 amide bonds. The van der Waals surface area contributed by atoms with Crippen LogP contribution in [0.2, 0.25) is 0 Å². The second kappa shape index (κ2) is 6.31. The molecule has 1 aliphatic rings. The molecule has 0 spiro atoms. The van der Waals surface area contributed by atoms with E-state index in [1.54, 1.807) is 21.8 Å². The number of carbonyl (C=O) groups is 1. The van der Waals surface area contributed by atoms with Gasteiger partial charge in [-0.1, -0.05) is 0 Å². The van der Waals surface area contributed by atoms with Crippen LogP contribution in [0.25, 0.3) is 0 Å². The molecule has 118 valence electrons. The molecule has 2 aromatic rings. The first-order valence-electron chi connectivity index (χ1n) is 7.50. The fourth-order valence-electron chi connectivity index (χ4n) is 2.90. The van der Waals surface area contributed by atoms with Gasteiger partial charge in [0.05, 0.1) is 24.8 Å². The lowest BCUT2D eigenvalue weighted by atomic mass is 9.91. The predicted molar refractivity (Wildman–Crippen MR) is 80.2 cm³/mol. The number of carbonyl (C=O) groups excluding carboxylic acids is 1. The van der Waals surface area contributed by atoms with Crippen molar-refractivity contribution in [1.82, 2.24) is 24.6 Å². The molecule has 7 heteroatoms. The molecule has 0 aliphatic carbocycles. The van der Waals surface area contributed by atoms with E-state index in [0.717, 1.165) is 25.0 Å². The monoisotopic (exact) mass is 303 g/mol. The molecule has 0 unspecified atom stereocenters. The van der Waals surface area contributed by atoms with Gasteiger partial charge in [-0.25, -0.2) is 4.98 Å². The molecule has 2 atom stereocenters. The average molecular weight is 303 g/mol. The van der Waals surface area contributed by atoms with Crippen LogP contribution < -0.4 is 5.32 Å². The quantitative estimate of drug-likeness (QED) is 0.916. The van der Waals surface area contributed by atoms with Crippen molar-refractivity contribution in [2.45, 2.75) is 18.9 Å². The lowest BCUT2D eigenvalue weighted by Gasteiger charge is -2.31. The lowest BCUT2D eigenvalue weighted by molar-refractivity contribution is -0.0273. The summed E-state index contributed by atoms with van der Waals surface area (Å²) in [7, 11) is 3.70. The summed E-state index contributed by atoms with van der Waals surface area (Å²) in [6, 6.07) is 0.